The van der Waals surface area contributed by atoms with E-state index >= 15 is 0 Å². The van der Waals surface area contributed by atoms with Crippen LogP contribution in [-0.4, -0.2) is 64.7 Å². The fourth-order valence-corrected chi connectivity index (χ4v) is 4.94. The van der Waals surface area contributed by atoms with E-state index in [2.05, 4.69) is 14.9 Å². The van der Waals surface area contributed by atoms with E-state index < -0.39 is 10.0 Å². The molecule has 0 bridgehead atoms. The van der Waals surface area contributed by atoms with Crippen molar-refractivity contribution in [1.29, 1.82) is 0 Å². The van der Waals surface area contributed by atoms with E-state index in [1.165, 1.54) is 31.4 Å². The SMILES string of the molecule is COc1ccc(Cl)cc1NS(=O)(=O)c1cccc(C(=O)NCCN2CC(C)OC(C)C2)c1. The van der Waals surface area contributed by atoms with Crippen molar-refractivity contribution in [2.75, 3.05) is 38.0 Å². The van der Waals surface area contributed by atoms with Crippen LogP contribution < -0.4 is 14.8 Å². The zero-order valence-corrected chi connectivity index (χ0v) is 19.9. The number of methoxy groups -OCH3 is 1. The summed E-state index contributed by atoms with van der Waals surface area (Å²) in [6.07, 6.45) is 0.309. The highest BCUT2D eigenvalue weighted by Crippen LogP contribution is 2.30. The number of anilines is 1. The molecule has 1 saturated heterocycles. The maximum absolute atomic E-state index is 12.9. The summed E-state index contributed by atoms with van der Waals surface area (Å²) in [4.78, 5) is 14.8. The van der Waals surface area contributed by atoms with Gasteiger partial charge < -0.3 is 14.8 Å². The molecule has 8 nitrogen and oxygen atoms in total. The van der Waals surface area contributed by atoms with Crippen molar-refractivity contribution in [2.24, 2.45) is 0 Å². The van der Waals surface area contributed by atoms with Gasteiger partial charge in [0.05, 0.1) is 29.9 Å². The van der Waals surface area contributed by atoms with Gasteiger partial charge in [-0.1, -0.05) is 17.7 Å². The maximum atomic E-state index is 12.9. The predicted molar refractivity (Wildman–Crippen MR) is 124 cm³/mol. The minimum absolute atomic E-state index is 0.0389. The molecule has 10 heteroatoms. The summed E-state index contributed by atoms with van der Waals surface area (Å²) in [5.41, 5.74) is 0.471. The first kappa shape index (κ1) is 24.3. The molecule has 0 spiro atoms. The van der Waals surface area contributed by atoms with Gasteiger partial charge in [-0.05, 0) is 50.2 Å². The zero-order valence-electron chi connectivity index (χ0n) is 18.3. The number of benzene rings is 2. The molecule has 0 radical (unpaired) electrons. The molecule has 2 aromatic carbocycles. The Morgan fingerprint density at radius 2 is 1.91 bits per heavy atom. The Kier molecular flexibility index (Phi) is 8.00. The monoisotopic (exact) mass is 481 g/mol. The van der Waals surface area contributed by atoms with Crippen LogP contribution in [0.15, 0.2) is 47.4 Å². The van der Waals surface area contributed by atoms with Crippen LogP contribution in [0.4, 0.5) is 5.69 Å². The third-order valence-corrected chi connectivity index (χ3v) is 6.62. The van der Waals surface area contributed by atoms with Gasteiger partial charge in [0.15, 0.2) is 0 Å². The summed E-state index contributed by atoms with van der Waals surface area (Å²) in [6.45, 7) is 6.82. The first-order valence-electron chi connectivity index (χ1n) is 10.3. The average molecular weight is 482 g/mol. The van der Waals surface area contributed by atoms with Crippen molar-refractivity contribution in [3.63, 3.8) is 0 Å². The minimum Gasteiger partial charge on any atom is -0.495 e. The van der Waals surface area contributed by atoms with E-state index in [1.54, 1.807) is 18.2 Å². The highest BCUT2D eigenvalue weighted by molar-refractivity contribution is 7.92. The van der Waals surface area contributed by atoms with Gasteiger partial charge in [0, 0.05) is 36.8 Å². The Morgan fingerprint density at radius 3 is 2.59 bits per heavy atom. The number of hydrogen-bond acceptors (Lipinski definition) is 6. The maximum Gasteiger partial charge on any atom is 0.262 e. The van der Waals surface area contributed by atoms with Gasteiger partial charge in [-0.15, -0.1) is 0 Å². The standard InChI is InChI=1S/C22H28ClN3O5S/c1-15-13-26(14-16(2)31-15)10-9-24-22(27)17-5-4-6-19(11-17)32(28,29)25-20-12-18(23)7-8-21(20)30-3/h4-8,11-12,15-16,25H,9-10,13-14H2,1-3H3,(H,24,27). The molecule has 174 valence electrons. The first-order chi connectivity index (χ1) is 15.2. The number of sulfonamides is 1. The largest absolute Gasteiger partial charge is 0.495 e. The number of carbonyl (C=O) groups is 1. The van der Waals surface area contributed by atoms with Gasteiger partial charge >= 0.3 is 0 Å². The molecule has 2 N–H and O–H groups in total. The second-order valence-electron chi connectivity index (χ2n) is 7.75. The van der Waals surface area contributed by atoms with E-state index in [0.29, 0.717) is 23.9 Å². The van der Waals surface area contributed by atoms with E-state index in [4.69, 9.17) is 21.1 Å². The molecular formula is C22H28ClN3O5S. The van der Waals surface area contributed by atoms with Gasteiger partial charge in [-0.2, -0.15) is 0 Å². The highest BCUT2D eigenvalue weighted by Gasteiger charge is 2.22. The van der Waals surface area contributed by atoms with Crippen LogP contribution in [0.25, 0.3) is 0 Å². The summed E-state index contributed by atoms with van der Waals surface area (Å²) < 4.78 is 39.1. The third kappa shape index (κ3) is 6.35. The normalized spacial score (nSPS) is 19.4. The van der Waals surface area contributed by atoms with Crippen LogP contribution in [0, 0.1) is 0 Å². The lowest BCUT2D eigenvalue weighted by atomic mass is 10.2. The Hall–Kier alpha value is -2.33. The van der Waals surface area contributed by atoms with Crippen LogP contribution in [-0.2, 0) is 14.8 Å². The molecule has 3 rings (SSSR count). The van der Waals surface area contributed by atoms with Crippen LogP contribution in [0.2, 0.25) is 5.02 Å². The summed E-state index contributed by atoms with van der Waals surface area (Å²) in [5.74, 6) is -0.00429. The number of halogens is 1. The van der Waals surface area contributed by atoms with Crippen LogP contribution in [0.3, 0.4) is 0 Å². The van der Waals surface area contributed by atoms with Crippen molar-refractivity contribution in [2.45, 2.75) is 31.0 Å². The van der Waals surface area contributed by atoms with Crippen molar-refractivity contribution in [3.05, 3.63) is 53.1 Å². The van der Waals surface area contributed by atoms with Gasteiger partial charge in [0.2, 0.25) is 0 Å². The zero-order chi connectivity index (χ0) is 23.3. The Morgan fingerprint density at radius 1 is 1.19 bits per heavy atom. The minimum atomic E-state index is -3.96. The van der Waals surface area contributed by atoms with E-state index in [-0.39, 0.29) is 34.3 Å². The van der Waals surface area contributed by atoms with E-state index in [9.17, 15) is 13.2 Å². The number of morpholine rings is 1. The molecule has 0 aliphatic carbocycles. The molecule has 1 aliphatic heterocycles. The molecule has 2 aromatic rings. The van der Waals surface area contributed by atoms with Gasteiger partial charge in [0.25, 0.3) is 15.9 Å². The molecular weight excluding hydrogens is 454 g/mol. The van der Waals surface area contributed by atoms with E-state index in [0.717, 1.165) is 13.1 Å². The highest BCUT2D eigenvalue weighted by atomic mass is 35.5. The molecule has 0 aromatic heterocycles. The lowest BCUT2D eigenvalue weighted by Gasteiger charge is -2.35. The average Bonchev–Trinajstić information content (AvgIpc) is 2.73. The fraction of sp³-hybridized carbons (Fsp3) is 0.409. The molecule has 2 atom stereocenters. The lowest BCUT2D eigenvalue weighted by molar-refractivity contribution is -0.0672. The third-order valence-electron chi connectivity index (χ3n) is 5.02. The van der Waals surface area contributed by atoms with Crippen molar-refractivity contribution < 1.29 is 22.7 Å². The van der Waals surface area contributed by atoms with Crippen molar-refractivity contribution >= 4 is 33.2 Å². The molecule has 1 heterocycles. The van der Waals surface area contributed by atoms with Crippen LogP contribution >= 0.6 is 11.6 Å². The molecule has 2 unspecified atom stereocenters. The predicted octanol–water partition coefficient (Wildman–Crippen LogP) is 2.99. The van der Waals surface area contributed by atoms with Crippen molar-refractivity contribution in [1.82, 2.24) is 10.2 Å². The number of carbonyl (C=O) groups excluding carboxylic acids is 1. The quantitative estimate of drug-likeness (QED) is 0.601. The molecule has 32 heavy (non-hydrogen) atoms. The summed E-state index contributed by atoms with van der Waals surface area (Å²) in [7, 11) is -2.52. The molecule has 1 aliphatic rings. The second kappa shape index (κ2) is 10.5. The van der Waals surface area contributed by atoms with Gasteiger partial charge in [0.1, 0.15) is 5.75 Å². The van der Waals surface area contributed by atoms with E-state index in [1.807, 2.05) is 13.8 Å². The number of rotatable bonds is 8. The smallest absolute Gasteiger partial charge is 0.262 e. The lowest BCUT2D eigenvalue weighted by Crippen LogP contribution is -2.47. The number of ether oxygens (including phenoxy) is 2. The van der Waals surface area contributed by atoms with Gasteiger partial charge in [-0.25, -0.2) is 8.42 Å². The molecule has 0 saturated carbocycles. The summed E-state index contributed by atoms with van der Waals surface area (Å²) in [6, 6.07) is 10.5. The van der Waals surface area contributed by atoms with Gasteiger partial charge in [-0.3, -0.25) is 14.4 Å². The van der Waals surface area contributed by atoms with Crippen molar-refractivity contribution in [3.8, 4) is 5.75 Å². The van der Waals surface area contributed by atoms with Crippen LogP contribution in [0.1, 0.15) is 24.2 Å². The Balaban J connectivity index is 1.65. The first-order valence-corrected chi connectivity index (χ1v) is 12.2. The second-order valence-corrected chi connectivity index (χ2v) is 9.87. The Bertz CT molecular complexity index is 1050. The van der Waals surface area contributed by atoms with Crippen LogP contribution in [0.5, 0.6) is 5.75 Å². The topological polar surface area (TPSA) is 97.0 Å². The molecule has 1 amide bonds. The summed E-state index contributed by atoms with van der Waals surface area (Å²) >= 11 is 5.98. The number of hydrogen-bond donors (Lipinski definition) is 2. The Labute approximate surface area is 193 Å². The molecule has 1 fully saturated rings. The number of nitrogens with zero attached hydrogens (tertiary/aromatic N) is 1. The fourth-order valence-electron chi connectivity index (χ4n) is 3.66. The number of nitrogens with one attached hydrogen (secondary N) is 2. The number of amides is 1. The summed E-state index contributed by atoms with van der Waals surface area (Å²) in [5, 5.41) is 3.22.